The normalized spacial score (nSPS) is 27.6. The Morgan fingerprint density at radius 1 is 1.15 bits per heavy atom. The third-order valence-corrected chi connectivity index (χ3v) is 6.38. The number of hydrogen-bond donors (Lipinski definition) is 0. The van der Waals surface area contributed by atoms with Crippen molar-refractivity contribution in [2.24, 2.45) is 0 Å². The van der Waals surface area contributed by atoms with Gasteiger partial charge in [-0.2, -0.15) is 0 Å². The number of rotatable bonds is 3. The van der Waals surface area contributed by atoms with Crippen LogP contribution in [0.1, 0.15) is 48.5 Å². The quantitative estimate of drug-likeness (QED) is 0.521. The van der Waals surface area contributed by atoms with Gasteiger partial charge in [-0.3, -0.25) is 4.90 Å². The topological polar surface area (TPSA) is 29.5 Å². The molecule has 1 saturated heterocycles. The Bertz CT molecular complexity index is 779. The summed E-state index contributed by atoms with van der Waals surface area (Å²) in [7, 11) is 2.25. The maximum Gasteiger partial charge on any atom is 0.343 e. The van der Waals surface area contributed by atoms with Crippen molar-refractivity contribution in [3.63, 3.8) is 0 Å². The standard InChI is InChI=1S/C22H25NO2.BrH/c1-16-22(13-7-11-19(15-22)23(16)2)18-10-6-12-20(14-18)25-21(24)17-8-4-3-5-9-17;/h3-6,8-10,12,14,16,19H,7,11,13,15H2,1-2H3;1H. The number of esters is 1. The maximum atomic E-state index is 12.3. The molecule has 0 radical (unpaired) electrons. The minimum Gasteiger partial charge on any atom is -0.423 e. The van der Waals surface area contributed by atoms with Gasteiger partial charge in [0.05, 0.1) is 5.56 Å². The fourth-order valence-electron chi connectivity index (χ4n) is 4.82. The van der Waals surface area contributed by atoms with Gasteiger partial charge in [-0.05, 0) is 63.1 Å². The molecule has 3 unspecified atom stereocenters. The average Bonchev–Trinajstić information content (AvgIpc) is 2.83. The highest BCUT2D eigenvalue weighted by atomic mass is 79.9. The molecule has 3 atom stereocenters. The molecule has 2 bridgehead atoms. The molecule has 4 rings (SSSR count). The number of carbonyl (C=O) groups is 1. The Kier molecular flexibility index (Phi) is 5.54. The fraction of sp³-hybridized carbons (Fsp3) is 0.409. The van der Waals surface area contributed by atoms with E-state index in [4.69, 9.17) is 4.74 Å². The highest BCUT2D eigenvalue weighted by Gasteiger charge is 2.51. The summed E-state index contributed by atoms with van der Waals surface area (Å²) in [6, 6.07) is 18.5. The molecule has 1 saturated carbocycles. The van der Waals surface area contributed by atoms with Crippen molar-refractivity contribution in [2.75, 3.05) is 7.05 Å². The van der Waals surface area contributed by atoms with Crippen molar-refractivity contribution in [1.29, 1.82) is 0 Å². The molecule has 1 heterocycles. The predicted molar refractivity (Wildman–Crippen MR) is 109 cm³/mol. The van der Waals surface area contributed by atoms with Gasteiger partial charge in [0.1, 0.15) is 5.75 Å². The molecule has 0 N–H and O–H groups in total. The molecule has 2 fully saturated rings. The summed E-state index contributed by atoms with van der Waals surface area (Å²) in [6.07, 6.45) is 4.99. The highest BCUT2D eigenvalue weighted by molar-refractivity contribution is 8.93. The third kappa shape index (κ3) is 3.21. The number of halogens is 1. The summed E-state index contributed by atoms with van der Waals surface area (Å²) >= 11 is 0. The second kappa shape index (κ2) is 7.53. The van der Waals surface area contributed by atoms with Gasteiger partial charge < -0.3 is 4.74 Å². The summed E-state index contributed by atoms with van der Waals surface area (Å²) in [5, 5.41) is 0. The van der Waals surface area contributed by atoms with Gasteiger partial charge in [0, 0.05) is 17.5 Å². The SMILES string of the molecule is Br.CC1N(C)C2CCCC1(c1cccc(OC(=O)c3ccccc3)c1)C2. The maximum absolute atomic E-state index is 12.3. The predicted octanol–water partition coefficient (Wildman–Crippen LogP) is 5.00. The van der Waals surface area contributed by atoms with Crippen molar-refractivity contribution < 1.29 is 9.53 Å². The van der Waals surface area contributed by atoms with Crippen molar-refractivity contribution in [1.82, 2.24) is 4.90 Å². The van der Waals surface area contributed by atoms with Crippen molar-refractivity contribution >= 4 is 23.0 Å². The molecule has 2 aromatic rings. The van der Waals surface area contributed by atoms with Crippen LogP contribution in [-0.2, 0) is 5.41 Å². The van der Waals surface area contributed by atoms with Crippen LogP contribution < -0.4 is 4.74 Å². The zero-order chi connectivity index (χ0) is 17.4. The van der Waals surface area contributed by atoms with Crippen LogP contribution >= 0.6 is 17.0 Å². The molecule has 138 valence electrons. The first kappa shape index (κ1) is 19.1. The van der Waals surface area contributed by atoms with E-state index in [0.717, 1.165) is 0 Å². The minimum atomic E-state index is -0.298. The third-order valence-electron chi connectivity index (χ3n) is 6.38. The zero-order valence-corrected chi connectivity index (χ0v) is 17.1. The van der Waals surface area contributed by atoms with Crippen LogP contribution in [0, 0.1) is 0 Å². The summed E-state index contributed by atoms with van der Waals surface area (Å²) in [6.45, 7) is 2.34. The lowest BCUT2D eigenvalue weighted by atomic mass is 9.67. The van der Waals surface area contributed by atoms with Crippen LogP contribution in [0.4, 0.5) is 0 Å². The molecule has 4 heteroatoms. The number of likely N-dealkylation sites (tertiary alicyclic amines) is 1. The summed E-state index contributed by atoms with van der Waals surface area (Å²) in [5.41, 5.74) is 2.08. The second-order valence-electron chi connectivity index (χ2n) is 7.53. The lowest BCUT2D eigenvalue weighted by Gasteiger charge is -2.36. The molecule has 1 aliphatic carbocycles. The van der Waals surface area contributed by atoms with E-state index in [0.29, 0.717) is 23.4 Å². The Labute approximate surface area is 166 Å². The molecule has 2 aromatic carbocycles. The number of likely N-dealkylation sites (N-methyl/N-ethyl adjacent to an activating group) is 1. The van der Waals surface area contributed by atoms with E-state index in [1.165, 1.54) is 31.2 Å². The van der Waals surface area contributed by atoms with E-state index in [2.05, 4.69) is 31.0 Å². The van der Waals surface area contributed by atoms with Gasteiger partial charge in [-0.25, -0.2) is 4.79 Å². The van der Waals surface area contributed by atoms with E-state index in [1.54, 1.807) is 12.1 Å². The molecular formula is C22H26BrNO2. The van der Waals surface area contributed by atoms with Gasteiger partial charge in [0.15, 0.2) is 0 Å². The van der Waals surface area contributed by atoms with Crippen molar-refractivity contribution in [3.05, 3.63) is 65.7 Å². The van der Waals surface area contributed by atoms with Crippen LogP contribution in [0.15, 0.2) is 54.6 Å². The second-order valence-corrected chi connectivity index (χ2v) is 7.53. The molecule has 1 aliphatic heterocycles. The molecule has 3 nitrogen and oxygen atoms in total. The number of benzene rings is 2. The van der Waals surface area contributed by atoms with Crippen molar-refractivity contribution in [3.8, 4) is 5.75 Å². The molecule has 0 amide bonds. The molecule has 26 heavy (non-hydrogen) atoms. The molecule has 0 aromatic heterocycles. The Morgan fingerprint density at radius 3 is 2.69 bits per heavy atom. The summed E-state index contributed by atoms with van der Waals surface area (Å²) in [4.78, 5) is 14.9. The Morgan fingerprint density at radius 2 is 1.92 bits per heavy atom. The molecule has 0 spiro atoms. The lowest BCUT2D eigenvalue weighted by Crippen LogP contribution is -2.38. The van der Waals surface area contributed by atoms with Crippen LogP contribution in [0.3, 0.4) is 0 Å². The molecule has 2 aliphatic rings. The highest BCUT2D eigenvalue weighted by Crippen LogP contribution is 2.51. The number of carbonyl (C=O) groups excluding carboxylic acids is 1. The monoisotopic (exact) mass is 415 g/mol. The van der Waals surface area contributed by atoms with Crippen molar-refractivity contribution in [2.45, 2.75) is 50.1 Å². The van der Waals surface area contributed by atoms with Gasteiger partial charge in [0.2, 0.25) is 0 Å². The first-order valence-electron chi connectivity index (χ1n) is 9.20. The Balaban J connectivity index is 0.00000196. The fourth-order valence-corrected chi connectivity index (χ4v) is 4.82. The van der Waals surface area contributed by atoms with Crippen LogP contribution in [0.25, 0.3) is 0 Å². The van der Waals surface area contributed by atoms with Gasteiger partial charge >= 0.3 is 5.97 Å². The number of nitrogens with zero attached hydrogens (tertiary/aromatic N) is 1. The van der Waals surface area contributed by atoms with Crippen LogP contribution in [-0.4, -0.2) is 30.0 Å². The smallest absolute Gasteiger partial charge is 0.343 e. The van der Waals surface area contributed by atoms with E-state index < -0.39 is 0 Å². The lowest BCUT2D eigenvalue weighted by molar-refractivity contribution is 0.0734. The number of ether oxygens (including phenoxy) is 1. The minimum absolute atomic E-state index is 0. The van der Waals surface area contributed by atoms with Gasteiger partial charge in [0.25, 0.3) is 0 Å². The van der Waals surface area contributed by atoms with E-state index in [9.17, 15) is 4.79 Å². The van der Waals surface area contributed by atoms with Gasteiger partial charge in [-0.1, -0.05) is 36.8 Å². The first-order valence-corrected chi connectivity index (χ1v) is 9.20. The van der Waals surface area contributed by atoms with Crippen LogP contribution in [0.2, 0.25) is 0 Å². The van der Waals surface area contributed by atoms with Crippen LogP contribution in [0.5, 0.6) is 5.75 Å². The van der Waals surface area contributed by atoms with Gasteiger partial charge in [-0.15, -0.1) is 17.0 Å². The summed E-state index contributed by atoms with van der Waals surface area (Å²) < 4.78 is 5.64. The average molecular weight is 416 g/mol. The largest absolute Gasteiger partial charge is 0.423 e. The number of hydrogen-bond acceptors (Lipinski definition) is 3. The van der Waals surface area contributed by atoms with E-state index >= 15 is 0 Å². The molecular weight excluding hydrogens is 390 g/mol. The zero-order valence-electron chi connectivity index (χ0n) is 15.4. The number of fused-ring (bicyclic) bond motifs is 2. The summed E-state index contributed by atoms with van der Waals surface area (Å²) in [5.74, 6) is 0.345. The Hall–Kier alpha value is -1.65. The van der Waals surface area contributed by atoms with E-state index in [1.807, 2.05) is 30.3 Å². The first-order chi connectivity index (χ1) is 12.1. The van der Waals surface area contributed by atoms with E-state index in [-0.39, 0.29) is 28.4 Å².